The number of aryl methyl sites for hydroxylation is 1. The summed E-state index contributed by atoms with van der Waals surface area (Å²) in [5, 5.41) is 6.34. The predicted molar refractivity (Wildman–Crippen MR) is 131 cm³/mol. The Kier molecular flexibility index (Phi) is 6.61. The van der Waals surface area contributed by atoms with E-state index in [0.29, 0.717) is 38.1 Å². The van der Waals surface area contributed by atoms with Crippen LogP contribution in [0.5, 0.6) is 0 Å². The Labute approximate surface area is 210 Å². The molecule has 3 aromatic rings. The first-order chi connectivity index (χ1) is 15.6. The third-order valence-electron chi connectivity index (χ3n) is 5.41. The molecule has 0 bridgehead atoms. The summed E-state index contributed by atoms with van der Waals surface area (Å²) in [6.45, 7) is 1.69. The molecule has 0 spiro atoms. The third kappa shape index (κ3) is 5.12. The van der Waals surface area contributed by atoms with E-state index < -0.39 is 28.0 Å². The highest BCUT2D eigenvalue weighted by molar-refractivity contribution is 6.53. The van der Waals surface area contributed by atoms with Crippen LogP contribution in [0.15, 0.2) is 60.7 Å². The molecule has 3 aromatic carbocycles. The summed E-state index contributed by atoms with van der Waals surface area (Å²) in [6, 6.07) is 15.4. The summed E-state index contributed by atoms with van der Waals surface area (Å²) in [7, 11) is 0. The molecule has 2 N–H and O–H groups in total. The van der Waals surface area contributed by atoms with Gasteiger partial charge in [0, 0.05) is 32.9 Å². The van der Waals surface area contributed by atoms with Gasteiger partial charge in [-0.1, -0.05) is 29.3 Å². The third-order valence-corrected chi connectivity index (χ3v) is 6.79. The fourth-order valence-electron chi connectivity index (χ4n) is 3.74. The first-order valence-corrected chi connectivity index (χ1v) is 11.4. The number of rotatable bonds is 5. The number of carbonyl (C=O) groups excluding carboxylic acids is 2. The van der Waals surface area contributed by atoms with E-state index in [1.165, 1.54) is 24.3 Å². The molecule has 1 fully saturated rings. The fraction of sp³-hybridized carbons (Fsp3) is 0.167. The van der Waals surface area contributed by atoms with E-state index in [1.807, 2.05) is 0 Å². The fourth-order valence-corrected chi connectivity index (χ4v) is 5.11. The quantitative estimate of drug-likeness (QED) is 0.345. The van der Waals surface area contributed by atoms with E-state index in [0.717, 1.165) is 0 Å². The van der Waals surface area contributed by atoms with Crippen molar-refractivity contribution >= 4 is 69.6 Å². The Morgan fingerprint density at radius 2 is 1.64 bits per heavy atom. The van der Waals surface area contributed by atoms with E-state index in [4.69, 9.17) is 46.4 Å². The minimum Gasteiger partial charge on any atom is -0.326 e. The van der Waals surface area contributed by atoms with Gasteiger partial charge in [0.05, 0.1) is 5.92 Å². The number of amides is 2. The van der Waals surface area contributed by atoms with Gasteiger partial charge in [-0.2, -0.15) is 0 Å². The van der Waals surface area contributed by atoms with Crippen molar-refractivity contribution in [1.82, 2.24) is 0 Å². The predicted octanol–water partition coefficient (Wildman–Crippen LogP) is 7.22. The van der Waals surface area contributed by atoms with Crippen LogP contribution in [0.25, 0.3) is 0 Å². The molecular formula is C24H17Cl4FN2O2. The topological polar surface area (TPSA) is 58.2 Å². The lowest BCUT2D eigenvalue weighted by Crippen LogP contribution is -2.18. The molecule has 170 valence electrons. The minimum absolute atomic E-state index is 0.313. The molecule has 4 nitrogen and oxygen atoms in total. The maximum Gasteiger partial charge on any atom is 0.255 e. The van der Waals surface area contributed by atoms with Crippen LogP contribution in [0.1, 0.15) is 27.4 Å². The molecule has 1 aliphatic carbocycles. The molecule has 2 amide bonds. The smallest absolute Gasteiger partial charge is 0.255 e. The van der Waals surface area contributed by atoms with E-state index in [1.54, 1.807) is 43.3 Å². The molecule has 0 aliphatic heterocycles. The summed E-state index contributed by atoms with van der Waals surface area (Å²) < 4.78 is 12.0. The Morgan fingerprint density at radius 1 is 0.939 bits per heavy atom. The van der Waals surface area contributed by atoms with E-state index in [-0.39, 0.29) is 5.82 Å². The van der Waals surface area contributed by atoms with Crippen LogP contribution < -0.4 is 10.6 Å². The highest BCUT2D eigenvalue weighted by atomic mass is 35.5. The number of halogens is 5. The van der Waals surface area contributed by atoms with Gasteiger partial charge in [-0.25, -0.2) is 4.39 Å². The summed E-state index contributed by atoms with van der Waals surface area (Å²) >= 11 is 24.9. The number of carbonyl (C=O) groups is 2. The van der Waals surface area contributed by atoms with Crippen LogP contribution in [0.2, 0.25) is 10.0 Å². The van der Waals surface area contributed by atoms with Gasteiger partial charge in [-0.15, -0.1) is 23.2 Å². The van der Waals surface area contributed by atoms with Gasteiger partial charge >= 0.3 is 0 Å². The average molecular weight is 526 g/mol. The maximum atomic E-state index is 13.3. The normalized spacial score (nSPS) is 18.5. The standard InChI is InChI=1S/C24H17Cl4FN2O2/c1-12-7-17(29)5-6-19(12)31-22(32)13-3-2-4-18(10-13)30-23(33)21-20(24(21,27)28)14-8-15(25)11-16(26)9-14/h2-11,20-21H,1H3,(H,30,33)(H,31,32)/t20-,21+/m0/s1. The van der Waals surface area contributed by atoms with Crippen LogP contribution in [-0.4, -0.2) is 16.1 Å². The SMILES string of the molecule is Cc1cc(F)ccc1NC(=O)c1cccc(NC(=O)[C@H]2[C@H](c3cc(Cl)cc(Cl)c3)C2(Cl)Cl)c1. The lowest BCUT2D eigenvalue weighted by molar-refractivity contribution is -0.117. The molecule has 1 saturated carbocycles. The van der Waals surface area contributed by atoms with Crippen molar-refractivity contribution in [2.75, 3.05) is 10.6 Å². The highest BCUT2D eigenvalue weighted by Crippen LogP contribution is 2.65. The summed E-state index contributed by atoms with van der Waals surface area (Å²) in [4.78, 5) is 25.6. The molecule has 9 heteroatoms. The Hall–Kier alpha value is -2.31. The molecule has 2 atom stereocenters. The van der Waals surface area contributed by atoms with Crippen LogP contribution >= 0.6 is 46.4 Å². The number of benzene rings is 3. The van der Waals surface area contributed by atoms with Crippen molar-refractivity contribution < 1.29 is 14.0 Å². The number of nitrogens with one attached hydrogen (secondary N) is 2. The molecule has 33 heavy (non-hydrogen) atoms. The molecule has 0 saturated heterocycles. The van der Waals surface area contributed by atoms with Gasteiger partial charge in [0.2, 0.25) is 5.91 Å². The van der Waals surface area contributed by atoms with Crippen molar-refractivity contribution in [2.45, 2.75) is 17.2 Å². The molecule has 0 aromatic heterocycles. The number of hydrogen-bond acceptors (Lipinski definition) is 2. The second-order valence-corrected chi connectivity index (χ2v) is 10.1. The van der Waals surface area contributed by atoms with Gasteiger partial charge in [-0.05, 0) is 72.6 Å². The molecule has 0 radical (unpaired) electrons. The average Bonchev–Trinajstić information content (AvgIpc) is 3.31. The van der Waals surface area contributed by atoms with Gasteiger partial charge in [0.1, 0.15) is 10.2 Å². The first kappa shape index (κ1) is 23.8. The molecular weight excluding hydrogens is 509 g/mol. The van der Waals surface area contributed by atoms with Crippen LogP contribution in [0, 0.1) is 18.7 Å². The first-order valence-electron chi connectivity index (χ1n) is 9.88. The summed E-state index contributed by atoms with van der Waals surface area (Å²) in [5.41, 5.74) is 2.47. The van der Waals surface area contributed by atoms with Crippen molar-refractivity contribution in [1.29, 1.82) is 0 Å². The number of anilines is 2. The second-order valence-electron chi connectivity index (χ2n) is 7.82. The molecule has 0 heterocycles. The maximum absolute atomic E-state index is 13.3. The van der Waals surface area contributed by atoms with Crippen molar-refractivity contribution in [3.63, 3.8) is 0 Å². The molecule has 1 aliphatic rings. The van der Waals surface area contributed by atoms with Crippen molar-refractivity contribution in [3.8, 4) is 0 Å². The van der Waals surface area contributed by atoms with E-state index in [2.05, 4.69) is 10.6 Å². The van der Waals surface area contributed by atoms with Crippen molar-refractivity contribution in [2.24, 2.45) is 5.92 Å². The summed E-state index contributed by atoms with van der Waals surface area (Å²) in [6.07, 6.45) is 0. The zero-order chi connectivity index (χ0) is 23.9. The number of alkyl halides is 2. The largest absolute Gasteiger partial charge is 0.326 e. The Morgan fingerprint density at radius 3 is 2.30 bits per heavy atom. The van der Waals surface area contributed by atoms with Crippen LogP contribution in [0.4, 0.5) is 15.8 Å². The van der Waals surface area contributed by atoms with Crippen molar-refractivity contribution in [3.05, 3.63) is 93.2 Å². The molecule has 4 rings (SSSR count). The van der Waals surface area contributed by atoms with Gasteiger partial charge < -0.3 is 10.6 Å². The van der Waals surface area contributed by atoms with Gasteiger partial charge in [0.15, 0.2) is 0 Å². The van der Waals surface area contributed by atoms with E-state index in [9.17, 15) is 14.0 Å². The Bertz CT molecular complexity index is 1240. The van der Waals surface area contributed by atoms with Gasteiger partial charge in [0.25, 0.3) is 5.91 Å². The number of hydrogen-bond donors (Lipinski definition) is 2. The highest BCUT2D eigenvalue weighted by Gasteiger charge is 2.67. The zero-order valence-corrected chi connectivity index (χ0v) is 20.2. The monoisotopic (exact) mass is 524 g/mol. The minimum atomic E-state index is -1.31. The lowest BCUT2D eigenvalue weighted by atomic mass is 10.1. The Balaban J connectivity index is 1.48. The zero-order valence-electron chi connectivity index (χ0n) is 17.1. The van der Waals surface area contributed by atoms with E-state index >= 15 is 0 Å². The van der Waals surface area contributed by atoms with Crippen LogP contribution in [0.3, 0.4) is 0 Å². The van der Waals surface area contributed by atoms with Gasteiger partial charge in [-0.3, -0.25) is 9.59 Å². The summed E-state index contributed by atoms with van der Waals surface area (Å²) in [5.74, 6) is -2.39. The lowest BCUT2D eigenvalue weighted by Gasteiger charge is -2.10. The second kappa shape index (κ2) is 9.15. The van der Waals surface area contributed by atoms with Crippen LogP contribution in [-0.2, 0) is 4.79 Å². The molecule has 0 unspecified atom stereocenters.